The Morgan fingerprint density at radius 1 is 1.24 bits per heavy atom. The van der Waals surface area contributed by atoms with Crippen molar-refractivity contribution in [1.82, 2.24) is 0 Å². The van der Waals surface area contributed by atoms with E-state index in [2.05, 4.69) is 0 Å². The molecular formula is C14H17NO2. The molecule has 1 heterocycles. The molecule has 2 rings (SSSR count). The van der Waals surface area contributed by atoms with Gasteiger partial charge in [0.1, 0.15) is 18.1 Å². The zero-order valence-corrected chi connectivity index (χ0v) is 10.1. The second-order valence-corrected chi connectivity index (χ2v) is 4.07. The van der Waals surface area contributed by atoms with Gasteiger partial charge in [0, 0.05) is 7.11 Å². The number of methoxy groups -OCH3 is 1. The van der Waals surface area contributed by atoms with Crippen LogP contribution in [0.5, 0.6) is 0 Å². The average Bonchev–Trinajstić information content (AvgIpc) is 2.78. The summed E-state index contributed by atoms with van der Waals surface area (Å²) in [4.78, 5) is 0. The van der Waals surface area contributed by atoms with Crippen LogP contribution in [0, 0.1) is 6.92 Å². The van der Waals surface area contributed by atoms with Crippen molar-refractivity contribution in [1.29, 1.82) is 0 Å². The van der Waals surface area contributed by atoms with Crippen molar-refractivity contribution in [2.24, 2.45) is 5.73 Å². The number of benzene rings is 1. The van der Waals surface area contributed by atoms with Gasteiger partial charge in [-0.05, 0) is 30.2 Å². The molecule has 0 amide bonds. The molecule has 90 valence electrons. The highest BCUT2D eigenvalue weighted by atomic mass is 16.5. The van der Waals surface area contributed by atoms with E-state index in [4.69, 9.17) is 14.9 Å². The summed E-state index contributed by atoms with van der Waals surface area (Å²) in [6, 6.07) is 11.7. The molecule has 1 atom stereocenters. The highest BCUT2D eigenvalue weighted by molar-refractivity contribution is 5.33. The van der Waals surface area contributed by atoms with Crippen LogP contribution in [0.4, 0.5) is 0 Å². The van der Waals surface area contributed by atoms with Crippen LogP contribution in [0.1, 0.15) is 28.7 Å². The van der Waals surface area contributed by atoms with Crippen molar-refractivity contribution >= 4 is 0 Å². The first-order valence-corrected chi connectivity index (χ1v) is 5.61. The Balaban J connectivity index is 2.24. The van der Waals surface area contributed by atoms with Crippen LogP contribution < -0.4 is 5.73 Å². The predicted molar refractivity (Wildman–Crippen MR) is 66.6 cm³/mol. The molecule has 2 aromatic rings. The standard InChI is InChI=1S/C14H17NO2/c1-10-5-3-4-6-12(10)14(15)13-8-7-11(17-13)9-16-2/h3-8,14H,9,15H2,1-2H3. The van der Waals surface area contributed by atoms with Crippen LogP contribution >= 0.6 is 0 Å². The molecule has 0 aliphatic carbocycles. The lowest BCUT2D eigenvalue weighted by molar-refractivity contribution is 0.162. The molecule has 1 aromatic heterocycles. The van der Waals surface area contributed by atoms with Gasteiger partial charge in [-0.1, -0.05) is 24.3 Å². The fourth-order valence-corrected chi connectivity index (χ4v) is 1.87. The molecule has 0 saturated carbocycles. The minimum absolute atomic E-state index is 0.221. The van der Waals surface area contributed by atoms with Crippen molar-refractivity contribution in [3.63, 3.8) is 0 Å². The number of hydrogen-bond acceptors (Lipinski definition) is 3. The van der Waals surface area contributed by atoms with Gasteiger partial charge >= 0.3 is 0 Å². The van der Waals surface area contributed by atoms with Crippen molar-refractivity contribution in [3.8, 4) is 0 Å². The fraction of sp³-hybridized carbons (Fsp3) is 0.286. The summed E-state index contributed by atoms with van der Waals surface area (Å²) in [5, 5.41) is 0. The van der Waals surface area contributed by atoms with Gasteiger partial charge < -0.3 is 14.9 Å². The number of furan rings is 1. The smallest absolute Gasteiger partial charge is 0.129 e. The molecule has 0 saturated heterocycles. The largest absolute Gasteiger partial charge is 0.462 e. The maximum absolute atomic E-state index is 6.19. The van der Waals surface area contributed by atoms with Crippen LogP contribution in [-0.2, 0) is 11.3 Å². The first-order chi connectivity index (χ1) is 8.22. The predicted octanol–water partition coefficient (Wildman–Crippen LogP) is 2.78. The van der Waals surface area contributed by atoms with E-state index in [0.29, 0.717) is 6.61 Å². The van der Waals surface area contributed by atoms with Crippen LogP contribution in [0.3, 0.4) is 0 Å². The van der Waals surface area contributed by atoms with E-state index in [1.165, 1.54) is 5.56 Å². The first kappa shape index (κ1) is 11.9. The summed E-state index contributed by atoms with van der Waals surface area (Å²) in [5.41, 5.74) is 8.45. The topological polar surface area (TPSA) is 48.4 Å². The highest BCUT2D eigenvalue weighted by Crippen LogP contribution is 2.24. The monoisotopic (exact) mass is 231 g/mol. The second-order valence-electron chi connectivity index (χ2n) is 4.07. The molecule has 0 fully saturated rings. The maximum atomic E-state index is 6.19. The van der Waals surface area contributed by atoms with Crippen molar-refractivity contribution in [3.05, 3.63) is 59.0 Å². The third kappa shape index (κ3) is 2.57. The molecular weight excluding hydrogens is 214 g/mol. The van der Waals surface area contributed by atoms with E-state index in [-0.39, 0.29) is 6.04 Å². The Bertz CT molecular complexity index is 490. The lowest BCUT2D eigenvalue weighted by Crippen LogP contribution is -2.12. The third-order valence-corrected chi connectivity index (χ3v) is 2.80. The Hall–Kier alpha value is -1.58. The molecule has 17 heavy (non-hydrogen) atoms. The minimum Gasteiger partial charge on any atom is -0.462 e. The summed E-state index contributed by atoms with van der Waals surface area (Å²) in [6.45, 7) is 2.52. The van der Waals surface area contributed by atoms with Crippen molar-refractivity contribution < 1.29 is 9.15 Å². The van der Waals surface area contributed by atoms with Gasteiger partial charge in [0.2, 0.25) is 0 Å². The van der Waals surface area contributed by atoms with E-state index in [1.54, 1.807) is 7.11 Å². The van der Waals surface area contributed by atoms with Gasteiger partial charge in [-0.15, -0.1) is 0 Å². The Labute approximate surface area is 101 Å². The minimum atomic E-state index is -0.221. The normalized spacial score (nSPS) is 12.6. The number of rotatable bonds is 4. The van der Waals surface area contributed by atoms with Gasteiger partial charge in [-0.25, -0.2) is 0 Å². The molecule has 0 radical (unpaired) electrons. The number of aryl methyl sites for hydroxylation is 1. The quantitative estimate of drug-likeness (QED) is 0.880. The zero-order valence-electron chi connectivity index (χ0n) is 10.1. The second kappa shape index (κ2) is 5.17. The summed E-state index contributed by atoms with van der Waals surface area (Å²) in [5.74, 6) is 1.57. The Morgan fingerprint density at radius 2 is 2.00 bits per heavy atom. The maximum Gasteiger partial charge on any atom is 0.129 e. The van der Waals surface area contributed by atoms with E-state index < -0.39 is 0 Å². The van der Waals surface area contributed by atoms with Crippen molar-refractivity contribution in [2.75, 3.05) is 7.11 Å². The van der Waals surface area contributed by atoms with Crippen LogP contribution in [0.2, 0.25) is 0 Å². The molecule has 0 aliphatic rings. The molecule has 0 spiro atoms. The van der Waals surface area contributed by atoms with E-state index >= 15 is 0 Å². The van der Waals surface area contributed by atoms with E-state index in [1.807, 2.05) is 43.3 Å². The molecule has 0 bridgehead atoms. The van der Waals surface area contributed by atoms with Gasteiger partial charge in [0.05, 0.1) is 6.04 Å². The average molecular weight is 231 g/mol. The SMILES string of the molecule is COCc1ccc(C(N)c2ccccc2C)o1. The lowest BCUT2D eigenvalue weighted by Gasteiger charge is -2.12. The number of hydrogen-bond donors (Lipinski definition) is 1. The zero-order chi connectivity index (χ0) is 12.3. The van der Waals surface area contributed by atoms with Crippen LogP contribution in [-0.4, -0.2) is 7.11 Å². The molecule has 3 nitrogen and oxygen atoms in total. The van der Waals surface area contributed by atoms with Gasteiger partial charge in [-0.2, -0.15) is 0 Å². The molecule has 0 aliphatic heterocycles. The molecule has 2 N–H and O–H groups in total. The summed E-state index contributed by atoms with van der Waals surface area (Å²) < 4.78 is 10.7. The van der Waals surface area contributed by atoms with Gasteiger partial charge in [-0.3, -0.25) is 0 Å². The molecule has 3 heteroatoms. The van der Waals surface area contributed by atoms with E-state index in [9.17, 15) is 0 Å². The fourth-order valence-electron chi connectivity index (χ4n) is 1.87. The van der Waals surface area contributed by atoms with E-state index in [0.717, 1.165) is 17.1 Å². The van der Waals surface area contributed by atoms with Gasteiger partial charge in [0.15, 0.2) is 0 Å². The number of nitrogens with two attached hydrogens (primary N) is 1. The van der Waals surface area contributed by atoms with Gasteiger partial charge in [0.25, 0.3) is 0 Å². The Morgan fingerprint density at radius 3 is 2.71 bits per heavy atom. The van der Waals surface area contributed by atoms with Crippen LogP contribution in [0.15, 0.2) is 40.8 Å². The summed E-state index contributed by atoms with van der Waals surface area (Å²) in [7, 11) is 1.64. The van der Waals surface area contributed by atoms with Crippen LogP contribution in [0.25, 0.3) is 0 Å². The lowest BCUT2D eigenvalue weighted by atomic mass is 10.0. The highest BCUT2D eigenvalue weighted by Gasteiger charge is 2.14. The summed E-state index contributed by atoms with van der Waals surface area (Å²) >= 11 is 0. The molecule has 1 unspecified atom stereocenters. The number of ether oxygens (including phenoxy) is 1. The third-order valence-electron chi connectivity index (χ3n) is 2.80. The first-order valence-electron chi connectivity index (χ1n) is 5.61. The Kier molecular flexibility index (Phi) is 3.61. The van der Waals surface area contributed by atoms with Crippen molar-refractivity contribution in [2.45, 2.75) is 19.6 Å². The summed E-state index contributed by atoms with van der Waals surface area (Å²) in [6.07, 6.45) is 0. The molecule has 1 aromatic carbocycles.